The summed E-state index contributed by atoms with van der Waals surface area (Å²) in [6.07, 6.45) is 1.84. The van der Waals surface area contributed by atoms with Gasteiger partial charge in [-0.1, -0.05) is 61.8 Å². The number of nitrogens with one attached hydrogen (secondary N) is 1. The minimum absolute atomic E-state index is 0.200. The lowest BCUT2D eigenvalue weighted by Gasteiger charge is -2.30. The zero-order valence-corrected chi connectivity index (χ0v) is 19.1. The predicted molar refractivity (Wildman–Crippen MR) is 120 cm³/mol. The number of halogens is 1. The third-order valence-corrected chi connectivity index (χ3v) is 6.37. The van der Waals surface area contributed by atoms with Gasteiger partial charge in [-0.2, -0.15) is 0 Å². The topological polar surface area (TPSA) is 66.5 Å². The molecule has 7 heteroatoms. The number of nitrogens with zero attached hydrogens (tertiary/aromatic N) is 1. The van der Waals surface area contributed by atoms with Gasteiger partial charge in [0, 0.05) is 5.02 Å². The summed E-state index contributed by atoms with van der Waals surface area (Å²) < 4.78 is 26.1. The lowest BCUT2D eigenvalue weighted by molar-refractivity contribution is -0.122. The first-order chi connectivity index (χ1) is 13.5. The number of aryl methyl sites for hydroxylation is 1. The molecule has 0 heterocycles. The maximum atomic E-state index is 13.1. The van der Waals surface area contributed by atoms with E-state index in [2.05, 4.69) is 19.2 Å². The summed E-state index contributed by atoms with van der Waals surface area (Å²) in [5.41, 5.74) is 2.19. The molecular weight excluding hydrogens is 408 g/mol. The number of anilines is 1. The second-order valence-electron chi connectivity index (χ2n) is 7.77. The second kappa shape index (κ2) is 9.63. The van der Waals surface area contributed by atoms with Crippen LogP contribution in [0.2, 0.25) is 5.02 Å². The van der Waals surface area contributed by atoms with E-state index >= 15 is 0 Å². The Morgan fingerprint density at radius 3 is 2.24 bits per heavy atom. The van der Waals surface area contributed by atoms with E-state index in [1.807, 2.05) is 37.3 Å². The largest absolute Gasteiger partial charge is 0.347 e. The van der Waals surface area contributed by atoms with Crippen LogP contribution in [0.15, 0.2) is 48.5 Å². The van der Waals surface area contributed by atoms with Gasteiger partial charge in [-0.25, -0.2) is 8.42 Å². The first-order valence-corrected chi connectivity index (χ1v) is 11.8. The minimum atomic E-state index is -3.70. The molecule has 1 N–H and O–H groups in total. The molecule has 158 valence electrons. The molecule has 0 fully saturated rings. The molecule has 2 rings (SSSR count). The van der Waals surface area contributed by atoms with Crippen molar-refractivity contribution in [3.05, 3.63) is 64.7 Å². The average molecular weight is 437 g/mol. The number of rotatable bonds is 8. The number of amides is 1. The maximum absolute atomic E-state index is 13.1. The number of hydrogen-bond donors (Lipinski definition) is 1. The van der Waals surface area contributed by atoms with Gasteiger partial charge in [-0.05, 0) is 49.4 Å². The molecule has 2 aromatic carbocycles. The first kappa shape index (κ1) is 23.2. The number of benzene rings is 2. The van der Waals surface area contributed by atoms with Gasteiger partial charge >= 0.3 is 0 Å². The normalized spacial score (nSPS) is 13.8. The van der Waals surface area contributed by atoms with Gasteiger partial charge in [-0.3, -0.25) is 9.10 Å². The van der Waals surface area contributed by atoms with Gasteiger partial charge in [0.2, 0.25) is 15.9 Å². The van der Waals surface area contributed by atoms with E-state index in [1.165, 1.54) is 0 Å². The first-order valence-electron chi connectivity index (χ1n) is 9.61. The fraction of sp³-hybridized carbons (Fsp3) is 0.409. The summed E-state index contributed by atoms with van der Waals surface area (Å²) in [5.74, 6) is -0.000598. The van der Waals surface area contributed by atoms with E-state index in [0.717, 1.165) is 28.1 Å². The van der Waals surface area contributed by atoms with Crippen LogP contribution in [0.25, 0.3) is 0 Å². The van der Waals surface area contributed by atoms with Gasteiger partial charge in [0.25, 0.3) is 0 Å². The van der Waals surface area contributed by atoms with E-state index in [1.54, 1.807) is 25.1 Å². The van der Waals surface area contributed by atoms with Crippen LogP contribution in [0, 0.1) is 12.8 Å². The van der Waals surface area contributed by atoms with E-state index in [0.29, 0.717) is 16.6 Å². The Morgan fingerprint density at radius 1 is 1.10 bits per heavy atom. The molecule has 0 aliphatic heterocycles. The zero-order chi connectivity index (χ0) is 21.8. The third-order valence-electron chi connectivity index (χ3n) is 4.72. The lowest BCUT2D eigenvalue weighted by atomic mass is 9.96. The van der Waals surface area contributed by atoms with Crippen molar-refractivity contribution in [3.63, 3.8) is 0 Å². The fourth-order valence-electron chi connectivity index (χ4n) is 3.26. The summed E-state index contributed by atoms with van der Waals surface area (Å²) in [4.78, 5) is 13.1. The Hall–Kier alpha value is -2.05. The molecule has 0 aliphatic carbocycles. The standard InChI is InChI=1S/C22H29ClN2O3S/c1-15(2)13-21(18-9-7-6-8-10-18)24-22(26)17(4)25(29(5,27)28)19-12-11-16(3)20(23)14-19/h6-12,14-15,17,21H,13H2,1-5H3,(H,24,26)/t17-,21-/m1/s1. The van der Waals surface area contributed by atoms with E-state index in [9.17, 15) is 13.2 Å². The molecular formula is C22H29ClN2O3S. The summed E-state index contributed by atoms with van der Waals surface area (Å²) in [5, 5.41) is 3.48. The Kier molecular flexibility index (Phi) is 7.72. The van der Waals surface area contributed by atoms with Crippen molar-refractivity contribution in [1.29, 1.82) is 0 Å². The van der Waals surface area contributed by atoms with Crippen molar-refractivity contribution in [2.24, 2.45) is 5.92 Å². The van der Waals surface area contributed by atoms with Crippen LogP contribution in [-0.2, 0) is 14.8 Å². The molecule has 0 bridgehead atoms. The predicted octanol–water partition coefficient (Wildman–Crippen LogP) is 4.71. The molecule has 5 nitrogen and oxygen atoms in total. The van der Waals surface area contributed by atoms with Crippen LogP contribution in [0.4, 0.5) is 5.69 Å². The number of carbonyl (C=O) groups is 1. The quantitative estimate of drug-likeness (QED) is 0.651. The molecule has 29 heavy (non-hydrogen) atoms. The second-order valence-corrected chi connectivity index (χ2v) is 10.0. The molecule has 0 saturated carbocycles. The molecule has 0 unspecified atom stereocenters. The highest BCUT2D eigenvalue weighted by Crippen LogP contribution is 2.27. The van der Waals surface area contributed by atoms with Gasteiger partial charge in [0.1, 0.15) is 6.04 Å². The van der Waals surface area contributed by atoms with Crippen LogP contribution < -0.4 is 9.62 Å². The molecule has 0 aliphatic rings. The highest BCUT2D eigenvalue weighted by atomic mass is 35.5. The van der Waals surface area contributed by atoms with Crippen molar-refractivity contribution in [1.82, 2.24) is 5.32 Å². The minimum Gasteiger partial charge on any atom is -0.347 e. The van der Waals surface area contributed by atoms with Crippen molar-refractivity contribution < 1.29 is 13.2 Å². The third kappa shape index (κ3) is 6.21. The number of carbonyl (C=O) groups excluding carboxylic acids is 1. The van der Waals surface area contributed by atoms with Crippen LogP contribution in [0.1, 0.15) is 44.4 Å². The lowest BCUT2D eigenvalue weighted by Crippen LogP contribution is -2.48. The van der Waals surface area contributed by atoms with Crippen LogP contribution in [0.3, 0.4) is 0 Å². The molecule has 0 saturated heterocycles. The van der Waals surface area contributed by atoms with E-state index in [-0.39, 0.29) is 11.9 Å². The smallest absolute Gasteiger partial charge is 0.244 e. The van der Waals surface area contributed by atoms with Gasteiger partial charge in [-0.15, -0.1) is 0 Å². The van der Waals surface area contributed by atoms with Crippen molar-refractivity contribution >= 4 is 33.2 Å². The molecule has 1 amide bonds. The maximum Gasteiger partial charge on any atom is 0.244 e. The van der Waals surface area contributed by atoms with Crippen molar-refractivity contribution in [3.8, 4) is 0 Å². The highest BCUT2D eigenvalue weighted by molar-refractivity contribution is 7.92. The Bertz CT molecular complexity index is 946. The monoisotopic (exact) mass is 436 g/mol. The SMILES string of the molecule is Cc1ccc(N([C@H](C)C(=O)N[C@H](CC(C)C)c2ccccc2)S(C)(=O)=O)cc1Cl. The number of hydrogen-bond acceptors (Lipinski definition) is 3. The van der Waals surface area contributed by atoms with Gasteiger partial charge in [0.15, 0.2) is 0 Å². The van der Waals surface area contributed by atoms with E-state index in [4.69, 9.17) is 11.6 Å². The number of sulfonamides is 1. The van der Waals surface area contributed by atoms with Crippen LogP contribution in [0.5, 0.6) is 0 Å². The van der Waals surface area contributed by atoms with Crippen molar-refractivity contribution in [2.45, 2.75) is 46.2 Å². The van der Waals surface area contributed by atoms with Crippen molar-refractivity contribution in [2.75, 3.05) is 10.6 Å². The zero-order valence-electron chi connectivity index (χ0n) is 17.5. The van der Waals surface area contributed by atoms with E-state index < -0.39 is 16.1 Å². The molecule has 2 aromatic rings. The fourth-order valence-corrected chi connectivity index (χ4v) is 4.60. The average Bonchev–Trinajstić information content (AvgIpc) is 2.63. The molecule has 2 atom stereocenters. The van der Waals surface area contributed by atoms with Crippen LogP contribution >= 0.6 is 11.6 Å². The summed E-state index contributed by atoms with van der Waals surface area (Å²) >= 11 is 6.19. The summed E-state index contributed by atoms with van der Waals surface area (Å²) in [6.45, 7) is 7.59. The Morgan fingerprint density at radius 2 is 1.72 bits per heavy atom. The highest BCUT2D eigenvalue weighted by Gasteiger charge is 2.31. The molecule has 0 aromatic heterocycles. The molecule has 0 spiro atoms. The Labute approximate surface area is 179 Å². The summed E-state index contributed by atoms with van der Waals surface area (Å²) in [7, 11) is -3.70. The van der Waals surface area contributed by atoms with Gasteiger partial charge in [0.05, 0.1) is 18.0 Å². The Balaban J connectivity index is 2.33. The molecule has 0 radical (unpaired) electrons. The van der Waals surface area contributed by atoms with Crippen LogP contribution in [-0.4, -0.2) is 26.6 Å². The summed E-state index contributed by atoms with van der Waals surface area (Å²) in [6, 6.07) is 13.6. The van der Waals surface area contributed by atoms with Gasteiger partial charge < -0.3 is 5.32 Å².